The third-order valence-electron chi connectivity index (χ3n) is 7.30. The zero-order chi connectivity index (χ0) is 32.7. The summed E-state index contributed by atoms with van der Waals surface area (Å²) in [6.45, 7) is 1.71. The zero-order valence-electron chi connectivity index (χ0n) is 23.3. The zero-order valence-corrected chi connectivity index (χ0v) is 23.3. The quantitative estimate of drug-likeness (QED) is 0.177. The van der Waals surface area contributed by atoms with Crippen molar-refractivity contribution in [3.05, 3.63) is 130 Å². The van der Waals surface area contributed by atoms with Gasteiger partial charge in [-0.15, -0.1) is 0 Å². The number of hydrogen-bond acceptors (Lipinski definition) is 2. The lowest BCUT2D eigenvalue weighted by Crippen LogP contribution is -2.27. The number of aromatic nitrogens is 1. The van der Waals surface area contributed by atoms with Crippen LogP contribution in [0.2, 0.25) is 0 Å². The molecule has 1 aromatic heterocycles. The van der Waals surface area contributed by atoms with E-state index in [1.165, 1.54) is 48.5 Å². The van der Waals surface area contributed by atoms with Gasteiger partial charge in [0.05, 0.1) is 33.8 Å². The summed E-state index contributed by atoms with van der Waals surface area (Å²) in [5.74, 6) is -2.89. The number of nitrogens with one attached hydrogen (secondary N) is 1. The van der Waals surface area contributed by atoms with Gasteiger partial charge in [0.2, 0.25) is 0 Å². The van der Waals surface area contributed by atoms with E-state index in [-0.39, 0.29) is 28.8 Å². The van der Waals surface area contributed by atoms with Crippen molar-refractivity contribution >= 4 is 22.8 Å². The summed E-state index contributed by atoms with van der Waals surface area (Å²) < 4.78 is 95.5. The summed E-state index contributed by atoms with van der Waals surface area (Å²) in [7, 11) is 0. The predicted octanol–water partition coefficient (Wildman–Crippen LogP) is 8.72. The summed E-state index contributed by atoms with van der Waals surface area (Å²) in [5, 5.41) is 12.4. The maximum atomic E-state index is 14.3. The molecule has 5 nitrogen and oxygen atoms in total. The molecule has 0 aliphatic carbocycles. The van der Waals surface area contributed by atoms with Crippen LogP contribution >= 0.6 is 0 Å². The number of fused-ring (bicyclic) bond motifs is 1. The molecular formula is C33H23F7N2O3. The van der Waals surface area contributed by atoms with E-state index in [1.807, 2.05) is 0 Å². The van der Waals surface area contributed by atoms with Crippen molar-refractivity contribution in [3.63, 3.8) is 0 Å². The monoisotopic (exact) mass is 628 g/mol. The normalized spacial score (nSPS) is 12.7. The number of carboxylic acid groups (broad SMARTS) is 1. The first-order chi connectivity index (χ1) is 21.1. The van der Waals surface area contributed by atoms with E-state index in [0.29, 0.717) is 28.1 Å². The number of alkyl halides is 6. The number of halogens is 7. The first kappa shape index (κ1) is 31.3. The average molecular weight is 629 g/mol. The minimum Gasteiger partial charge on any atom is -0.478 e. The second kappa shape index (κ2) is 11.8. The highest BCUT2D eigenvalue weighted by molar-refractivity contribution is 6.08. The summed E-state index contributed by atoms with van der Waals surface area (Å²) in [6.07, 6.45) is -7.75. The van der Waals surface area contributed by atoms with E-state index >= 15 is 0 Å². The van der Waals surface area contributed by atoms with Gasteiger partial charge >= 0.3 is 18.3 Å². The molecule has 0 radical (unpaired) electrons. The van der Waals surface area contributed by atoms with E-state index in [4.69, 9.17) is 5.11 Å². The highest BCUT2D eigenvalue weighted by atomic mass is 19.4. The molecule has 0 aliphatic rings. The van der Waals surface area contributed by atoms with E-state index in [9.17, 15) is 40.3 Å². The molecule has 5 aromatic rings. The van der Waals surface area contributed by atoms with E-state index in [2.05, 4.69) is 5.32 Å². The number of amides is 1. The number of hydrogen-bond donors (Lipinski definition) is 2. The molecule has 1 amide bonds. The molecule has 4 aromatic carbocycles. The summed E-state index contributed by atoms with van der Waals surface area (Å²) >= 11 is 0. The Bertz CT molecular complexity index is 1890. The Balaban J connectivity index is 1.58. The van der Waals surface area contributed by atoms with Crippen LogP contribution in [-0.4, -0.2) is 21.6 Å². The van der Waals surface area contributed by atoms with Crippen molar-refractivity contribution in [2.75, 3.05) is 0 Å². The van der Waals surface area contributed by atoms with Gasteiger partial charge in [0.25, 0.3) is 5.91 Å². The van der Waals surface area contributed by atoms with Crippen LogP contribution in [0.15, 0.2) is 91.1 Å². The van der Waals surface area contributed by atoms with Crippen molar-refractivity contribution in [3.8, 4) is 11.1 Å². The van der Waals surface area contributed by atoms with Gasteiger partial charge in [-0.2, -0.15) is 26.3 Å². The molecule has 0 unspecified atom stereocenters. The number of aromatic carboxylic acids is 1. The number of benzene rings is 4. The number of carbonyl (C=O) groups is 2. The molecule has 0 fully saturated rings. The first-order valence-corrected chi connectivity index (χ1v) is 13.4. The lowest BCUT2D eigenvalue weighted by atomic mass is 9.97. The van der Waals surface area contributed by atoms with Crippen LogP contribution in [0, 0.1) is 5.82 Å². The molecule has 1 atom stereocenters. The Morgan fingerprint density at radius 3 is 2.02 bits per heavy atom. The van der Waals surface area contributed by atoms with Crippen molar-refractivity contribution in [1.29, 1.82) is 0 Å². The van der Waals surface area contributed by atoms with E-state index in [1.54, 1.807) is 23.8 Å². The highest BCUT2D eigenvalue weighted by Crippen LogP contribution is 2.36. The van der Waals surface area contributed by atoms with Crippen LogP contribution in [0.25, 0.3) is 22.0 Å². The van der Waals surface area contributed by atoms with Crippen molar-refractivity contribution in [2.24, 2.45) is 0 Å². The van der Waals surface area contributed by atoms with Gasteiger partial charge in [0.1, 0.15) is 5.82 Å². The van der Waals surface area contributed by atoms with Gasteiger partial charge in [-0.1, -0.05) is 24.3 Å². The molecule has 5 rings (SSSR count). The fourth-order valence-electron chi connectivity index (χ4n) is 5.01. The highest BCUT2D eigenvalue weighted by Gasteiger charge is 2.32. The van der Waals surface area contributed by atoms with Gasteiger partial charge in [0, 0.05) is 18.1 Å². The standard InChI is InChI=1S/C33H23F7N2O3/c1-18(20-4-6-21(7-5-20)31(44)45)41-30(43)28-15-23(24-13-26(33(38,39)40)16-27(34)14-24)12-22-10-11-42(29(22)28)17-19-2-8-25(9-3-19)32(35,36)37/h2-16,18H,17H2,1H3,(H,41,43)(H,44,45)/t18-/m1/s1. The molecule has 0 saturated heterocycles. The fraction of sp³-hybridized carbons (Fsp3) is 0.152. The molecule has 1 heterocycles. The number of rotatable bonds is 7. The molecule has 45 heavy (non-hydrogen) atoms. The first-order valence-electron chi connectivity index (χ1n) is 13.4. The van der Waals surface area contributed by atoms with Gasteiger partial charge < -0.3 is 15.0 Å². The van der Waals surface area contributed by atoms with Gasteiger partial charge in [-0.3, -0.25) is 4.79 Å². The van der Waals surface area contributed by atoms with Crippen LogP contribution in [-0.2, 0) is 18.9 Å². The van der Waals surface area contributed by atoms with Crippen molar-refractivity contribution in [1.82, 2.24) is 9.88 Å². The molecule has 0 saturated carbocycles. The molecular weight excluding hydrogens is 605 g/mol. The van der Waals surface area contributed by atoms with Crippen LogP contribution in [0.1, 0.15) is 55.9 Å². The molecule has 232 valence electrons. The molecule has 0 aliphatic heterocycles. The van der Waals surface area contributed by atoms with Crippen molar-refractivity contribution in [2.45, 2.75) is 31.9 Å². The Morgan fingerprint density at radius 2 is 1.42 bits per heavy atom. The number of carboxylic acids is 1. The van der Waals surface area contributed by atoms with Crippen LogP contribution < -0.4 is 5.32 Å². The second-order valence-corrected chi connectivity index (χ2v) is 10.4. The molecule has 0 spiro atoms. The van der Waals surface area contributed by atoms with Gasteiger partial charge in [-0.05, 0) is 89.8 Å². The van der Waals surface area contributed by atoms with E-state index < -0.39 is 47.2 Å². The molecule has 0 bridgehead atoms. The smallest absolute Gasteiger partial charge is 0.416 e. The SMILES string of the molecule is C[C@@H](NC(=O)c1cc(-c2cc(F)cc(C(F)(F)F)c2)cc2ccn(Cc3ccc(C(F)(F)F)cc3)c12)c1ccc(C(=O)O)cc1. The minimum absolute atomic E-state index is 0.0197. The van der Waals surface area contributed by atoms with Crippen LogP contribution in [0.4, 0.5) is 30.7 Å². The Hall–Kier alpha value is -5.13. The Kier molecular flexibility index (Phi) is 8.17. The van der Waals surface area contributed by atoms with Gasteiger partial charge in [0.15, 0.2) is 0 Å². The second-order valence-electron chi connectivity index (χ2n) is 10.4. The van der Waals surface area contributed by atoms with Crippen LogP contribution in [0.3, 0.4) is 0 Å². The maximum absolute atomic E-state index is 14.3. The minimum atomic E-state index is -4.82. The fourth-order valence-corrected chi connectivity index (χ4v) is 5.01. The number of carbonyl (C=O) groups excluding carboxylic acids is 1. The maximum Gasteiger partial charge on any atom is 0.416 e. The lowest BCUT2D eigenvalue weighted by Gasteiger charge is -2.18. The molecule has 2 N–H and O–H groups in total. The topological polar surface area (TPSA) is 71.3 Å². The number of nitrogens with zero attached hydrogens (tertiary/aromatic N) is 1. The third kappa shape index (κ3) is 6.84. The average Bonchev–Trinajstić information content (AvgIpc) is 3.38. The largest absolute Gasteiger partial charge is 0.478 e. The van der Waals surface area contributed by atoms with Crippen LogP contribution in [0.5, 0.6) is 0 Å². The van der Waals surface area contributed by atoms with Crippen molar-refractivity contribution < 1.29 is 45.4 Å². The Labute approximate surface area is 251 Å². The lowest BCUT2D eigenvalue weighted by molar-refractivity contribution is -0.138. The van der Waals surface area contributed by atoms with Gasteiger partial charge in [-0.25, -0.2) is 9.18 Å². The summed E-state index contributed by atoms with van der Waals surface area (Å²) in [4.78, 5) is 25.0. The summed E-state index contributed by atoms with van der Waals surface area (Å²) in [5.41, 5.74) is -0.559. The Morgan fingerprint density at radius 1 is 0.800 bits per heavy atom. The molecule has 12 heteroatoms. The van der Waals surface area contributed by atoms with E-state index in [0.717, 1.165) is 24.3 Å². The summed E-state index contributed by atoms with van der Waals surface area (Å²) in [6, 6.07) is 16.1. The predicted molar refractivity (Wildman–Crippen MR) is 152 cm³/mol. The third-order valence-corrected chi connectivity index (χ3v) is 7.30.